The lowest BCUT2D eigenvalue weighted by atomic mass is 10.1. The van der Waals surface area contributed by atoms with Gasteiger partial charge >= 0.3 is 0 Å². The molecule has 0 unspecified atom stereocenters. The van der Waals surface area contributed by atoms with Crippen LogP contribution >= 0.6 is 11.3 Å². The Morgan fingerprint density at radius 1 is 1.12 bits per heavy atom. The van der Waals surface area contributed by atoms with Crippen molar-refractivity contribution < 1.29 is 0 Å². The minimum Gasteiger partial charge on any atom is -0.314 e. The van der Waals surface area contributed by atoms with Gasteiger partial charge in [0.15, 0.2) is 0 Å². The lowest BCUT2D eigenvalue weighted by Crippen LogP contribution is -2.29. The molecule has 0 aromatic carbocycles. The van der Waals surface area contributed by atoms with Crippen molar-refractivity contribution in [3.63, 3.8) is 0 Å². The summed E-state index contributed by atoms with van der Waals surface area (Å²) in [6, 6.07) is 5.23. The maximum absolute atomic E-state index is 3.75. The molecule has 2 heteroatoms. The van der Waals surface area contributed by atoms with Crippen LogP contribution in [-0.2, 0) is 6.42 Å². The molecule has 1 aromatic rings. The second kappa shape index (κ2) is 7.88. The molecule has 0 atom stereocenters. The molecule has 1 nitrogen and oxygen atoms in total. The highest BCUT2D eigenvalue weighted by Gasteiger charge is 2.10. The number of hydrogen-bond donors (Lipinski definition) is 1. The average Bonchev–Trinajstić information content (AvgIpc) is 2.72. The van der Waals surface area contributed by atoms with Gasteiger partial charge in [0.2, 0.25) is 0 Å². The fourth-order valence-electron chi connectivity index (χ4n) is 2.67. The Morgan fingerprint density at radius 3 is 2.65 bits per heavy atom. The monoisotopic (exact) mass is 251 g/mol. The van der Waals surface area contributed by atoms with Gasteiger partial charge in [0.25, 0.3) is 0 Å². The Bertz CT molecular complexity index is 273. The van der Waals surface area contributed by atoms with Gasteiger partial charge in [-0.2, -0.15) is 0 Å². The zero-order valence-electron chi connectivity index (χ0n) is 10.8. The summed E-state index contributed by atoms with van der Waals surface area (Å²) in [5.74, 6) is 0. The molecular formula is C15H25NS. The molecule has 1 aromatic heterocycles. The van der Waals surface area contributed by atoms with E-state index in [1.54, 1.807) is 4.88 Å². The SMILES string of the molecule is c1csc(CCCCNC2CCCCCC2)c1. The van der Waals surface area contributed by atoms with E-state index in [0.29, 0.717) is 0 Å². The molecule has 2 rings (SSSR count). The molecule has 0 bridgehead atoms. The van der Waals surface area contributed by atoms with Gasteiger partial charge in [-0.3, -0.25) is 0 Å². The van der Waals surface area contributed by atoms with E-state index in [0.717, 1.165) is 6.04 Å². The highest BCUT2D eigenvalue weighted by atomic mass is 32.1. The number of thiophene rings is 1. The van der Waals surface area contributed by atoms with Crippen LogP contribution in [0.3, 0.4) is 0 Å². The van der Waals surface area contributed by atoms with Gasteiger partial charge in [0.1, 0.15) is 0 Å². The molecule has 0 aliphatic heterocycles. The van der Waals surface area contributed by atoms with Crippen molar-refractivity contribution in [1.82, 2.24) is 5.32 Å². The van der Waals surface area contributed by atoms with Gasteiger partial charge in [-0.25, -0.2) is 0 Å². The number of nitrogens with one attached hydrogen (secondary N) is 1. The number of hydrogen-bond acceptors (Lipinski definition) is 2. The molecule has 17 heavy (non-hydrogen) atoms. The summed E-state index contributed by atoms with van der Waals surface area (Å²) < 4.78 is 0. The van der Waals surface area contributed by atoms with Crippen LogP contribution in [0.2, 0.25) is 0 Å². The van der Waals surface area contributed by atoms with Gasteiger partial charge in [0.05, 0.1) is 0 Å². The summed E-state index contributed by atoms with van der Waals surface area (Å²) in [4.78, 5) is 1.54. The third-order valence-corrected chi connectivity index (χ3v) is 4.65. The van der Waals surface area contributed by atoms with Crippen LogP contribution in [-0.4, -0.2) is 12.6 Å². The van der Waals surface area contributed by atoms with Crippen LogP contribution < -0.4 is 5.32 Å². The van der Waals surface area contributed by atoms with E-state index >= 15 is 0 Å². The van der Waals surface area contributed by atoms with Crippen molar-refractivity contribution in [3.05, 3.63) is 22.4 Å². The number of rotatable bonds is 6. The van der Waals surface area contributed by atoms with Crippen molar-refractivity contribution in [3.8, 4) is 0 Å². The molecular weight excluding hydrogens is 226 g/mol. The molecule has 0 spiro atoms. The van der Waals surface area contributed by atoms with Crippen molar-refractivity contribution in [1.29, 1.82) is 0 Å². The maximum atomic E-state index is 3.75. The molecule has 1 aliphatic rings. The zero-order valence-corrected chi connectivity index (χ0v) is 11.6. The summed E-state index contributed by atoms with van der Waals surface area (Å²) >= 11 is 1.89. The predicted molar refractivity (Wildman–Crippen MR) is 76.7 cm³/mol. The van der Waals surface area contributed by atoms with E-state index in [1.165, 1.54) is 64.3 Å². The topological polar surface area (TPSA) is 12.0 Å². The van der Waals surface area contributed by atoms with Crippen LogP contribution in [0, 0.1) is 0 Å². The van der Waals surface area contributed by atoms with E-state index in [2.05, 4.69) is 22.8 Å². The van der Waals surface area contributed by atoms with Crippen LogP contribution in [0.4, 0.5) is 0 Å². The second-order valence-corrected chi connectivity index (χ2v) is 6.21. The van der Waals surface area contributed by atoms with E-state index < -0.39 is 0 Å². The minimum atomic E-state index is 0.819. The molecule has 1 aliphatic carbocycles. The molecule has 1 N–H and O–H groups in total. The second-order valence-electron chi connectivity index (χ2n) is 5.18. The molecule has 96 valence electrons. The Balaban J connectivity index is 1.50. The Morgan fingerprint density at radius 2 is 1.94 bits per heavy atom. The first kappa shape index (κ1) is 13.1. The molecule has 0 saturated heterocycles. The summed E-state index contributed by atoms with van der Waals surface area (Å²) in [6.45, 7) is 1.22. The number of unbranched alkanes of at least 4 members (excludes halogenated alkanes) is 1. The first-order valence-corrected chi connectivity index (χ1v) is 8.09. The van der Waals surface area contributed by atoms with Crippen LogP contribution in [0.15, 0.2) is 17.5 Å². The Labute approximate surface area is 110 Å². The first-order chi connectivity index (χ1) is 8.45. The van der Waals surface area contributed by atoms with Crippen molar-refractivity contribution in [2.24, 2.45) is 0 Å². The quantitative estimate of drug-likeness (QED) is 0.584. The average molecular weight is 251 g/mol. The van der Waals surface area contributed by atoms with E-state index in [9.17, 15) is 0 Å². The normalized spacial score (nSPS) is 18.1. The smallest absolute Gasteiger partial charge is 0.00670 e. The highest BCUT2D eigenvalue weighted by molar-refractivity contribution is 7.09. The predicted octanol–water partition coefficient (Wildman–Crippen LogP) is 4.38. The highest BCUT2D eigenvalue weighted by Crippen LogP contribution is 2.17. The van der Waals surface area contributed by atoms with E-state index in [1.807, 2.05) is 11.3 Å². The van der Waals surface area contributed by atoms with Gasteiger partial charge < -0.3 is 5.32 Å². The third-order valence-electron chi connectivity index (χ3n) is 3.72. The van der Waals surface area contributed by atoms with Crippen molar-refractivity contribution in [2.75, 3.05) is 6.54 Å². The van der Waals surface area contributed by atoms with Crippen LogP contribution in [0.25, 0.3) is 0 Å². The van der Waals surface area contributed by atoms with Crippen molar-refractivity contribution in [2.45, 2.75) is 63.8 Å². The lowest BCUT2D eigenvalue weighted by Gasteiger charge is -2.15. The van der Waals surface area contributed by atoms with Crippen molar-refractivity contribution >= 4 is 11.3 Å². The number of aryl methyl sites for hydroxylation is 1. The van der Waals surface area contributed by atoms with Gasteiger partial charge in [-0.15, -0.1) is 11.3 Å². The fourth-order valence-corrected chi connectivity index (χ4v) is 3.42. The molecule has 0 amide bonds. The minimum absolute atomic E-state index is 0.819. The first-order valence-electron chi connectivity index (χ1n) is 7.21. The van der Waals surface area contributed by atoms with E-state index in [-0.39, 0.29) is 0 Å². The Kier molecular flexibility index (Phi) is 6.08. The van der Waals surface area contributed by atoms with Gasteiger partial charge in [-0.05, 0) is 50.1 Å². The summed E-state index contributed by atoms with van der Waals surface area (Å²) in [6.07, 6.45) is 12.5. The van der Waals surface area contributed by atoms with Crippen LogP contribution in [0.5, 0.6) is 0 Å². The zero-order chi connectivity index (χ0) is 11.8. The van der Waals surface area contributed by atoms with Gasteiger partial charge in [0, 0.05) is 10.9 Å². The molecule has 1 heterocycles. The van der Waals surface area contributed by atoms with Crippen LogP contribution in [0.1, 0.15) is 56.2 Å². The summed E-state index contributed by atoms with van der Waals surface area (Å²) in [5.41, 5.74) is 0. The summed E-state index contributed by atoms with van der Waals surface area (Å²) in [5, 5.41) is 5.92. The molecule has 1 saturated carbocycles. The fraction of sp³-hybridized carbons (Fsp3) is 0.733. The Hall–Kier alpha value is -0.340. The standard InChI is InChI=1S/C15H25NS/c1-2-4-9-14(8-3-1)16-12-6-5-10-15-11-7-13-17-15/h7,11,13-14,16H,1-6,8-10,12H2. The molecule has 0 radical (unpaired) electrons. The lowest BCUT2D eigenvalue weighted by molar-refractivity contribution is 0.452. The van der Waals surface area contributed by atoms with E-state index in [4.69, 9.17) is 0 Å². The van der Waals surface area contributed by atoms with Gasteiger partial charge in [-0.1, -0.05) is 31.7 Å². The summed E-state index contributed by atoms with van der Waals surface area (Å²) in [7, 11) is 0. The largest absolute Gasteiger partial charge is 0.314 e. The maximum Gasteiger partial charge on any atom is 0.00670 e. The molecule has 1 fully saturated rings. The third kappa shape index (κ3) is 5.22.